The van der Waals surface area contributed by atoms with Crippen molar-refractivity contribution in [3.05, 3.63) is 24.8 Å². The zero-order chi connectivity index (χ0) is 17.0. The Hall–Kier alpha value is -0.560. The topological polar surface area (TPSA) is 20.2 Å². The number of aliphatic hydroxyl groups is 1. The molecule has 0 radical (unpaired) electrons. The Bertz CT molecular complexity index is 257. The summed E-state index contributed by atoms with van der Waals surface area (Å²) in [7, 11) is 0. The minimum Gasteiger partial charge on any atom is -0.389 e. The van der Waals surface area contributed by atoms with Gasteiger partial charge in [0.25, 0.3) is 0 Å². The molecule has 0 bridgehead atoms. The Morgan fingerprint density at radius 3 is 1.87 bits per heavy atom. The molecular formula is C22H42O. The molecule has 0 rings (SSSR count). The molecule has 0 saturated carbocycles. The van der Waals surface area contributed by atoms with Gasteiger partial charge in [-0.15, -0.1) is 6.58 Å². The van der Waals surface area contributed by atoms with E-state index in [9.17, 15) is 5.11 Å². The Labute approximate surface area is 146 Å². The highest BCUT2D eigenvalue weighted by Gasteiger charge is 1.99. The van der Waals surface area contributed by atoms with Crippen LogP contribution in [-0.2, 0) is 0 Å². The zero-order valence-electron chi connectivity index (χ0n) is 15.8. The lowest BCUT2D eigenvalue weighted by Gasteiger charge is -2.05. The summed E-state index contributed by atoms with van der Waals surface area (Å²) in [4.78, 5) is 0. The minimum atomic E-state index is -0.222. The van der Waals surface area contributed by atoms with Crippen molar-refractivity contribution in [1.29, 1.82) is 0 Å². The average molecular weight is 323 g/mol. The van der Waals surface area contributed by atoms with Crippen molar-refractivity contribution in [3.8, 4) is 0 Å². The molecule has 0 saturated heterocycles. The van der Waals surface area contributed by atoms with Crippen LogP contribution in [0.4, 0.5) is 0 Å². The van der Waals surface area contributed by atoms with Gasteiger partial charge in [-0.25, -0.2) is 0 Å². The molecule has 0 heterocycles. The van der Waals surface area contributed by atoms with Gasteiger partial charge in [0.05, 0.1) is 6.10 Å². The number of rotatable bonds is 18. The lowest BCUT2D eigenvalue weighted by molar-refractivity contribution is 0.207. The fourth-order valence-electron chi connectivity index (χ4n) is 2.92. The Kier molecular flexibility index (Phi) is 19.0. The second-order valence-corrected chi connectivity index (χ2v) is 6.89. The molecule has 23 heavy (non-hydrogen) atoms. The van der Waals surface area contributed by atoms with Crippen molar-refractivity contribution in [2.45, 2.75) is 116 Å². The third-order valence-electron chi connectivity index (χ3n) is 4.49. The van der Waals surface area contributed by atoms with Crippen LogP contribution >= 0.6 is 0 Å². The summed E-state index contributed by atoms with van der Waals surface area (Å²) < 4.78 is 0. The van der Waals surface area contributed by atoms with E-state index in [1.807, 2.05) is 12.2 Å². The minimum absolute atomic E-state index is 0.222. The van der Waals surface area contributed by atoms with Gasteiger partial charge in [-0.2, -0.15) is 0 Å². The van der Waals surface area contributed by atoms with Gasteiger partial charge in [0.2, 0.25) is 0 Å². The van der Waals surface area contributed by atoms with Crippen molar-refractivity contribution in [1.82, 2.24) is 0 Å². The molecule has 1 unspecified atom stereocenters. The fourth-order valence-corrected chi connectivity index (χ4v) is 2.92. The van der Waals surface area contributed by atoms with E-state index in [2.05, 4.69) is 19.6 Å². The standard InChI is InChI=1S/C22H42O/c1-3-5-7-9-11-13-15-17-19-21-22(23)20-18-16-14-12-10-8-6-4-2/h4,19,21-23H,2-3,5-18,20H2,1H3. The van der Waals surface area contributed by atoms with E-state index < -0.39 is 0 Å². The highest BCUT2D eigenvalue weighted by atomic mass is 16.3. The molecule has 0 spiro atoms. The van der Waals surface area contributed by atoms with Crippen molar-refractivity contribution in [2.24, 2.45) is 0 Å². The summed E-state index contributed by atoms with van der Waals surface area (Å²) >= 11 is 0. The van der Waals surface area contributed by atoms with E-state index in [0.29, 0.717) is 0 Å². The van der Waals surface area contributed by atoms with E-state index >= 15 is 0 Å². The van der Waals surface area contributed by atoms with Crippen LogP contribution in [-0.4, -0.2) is 11.2 Å². The molecule has 0 aromatic rings. The van der Waals surface area contributed by atoms with Crippen molar-refractivity contribution in [2.75, 3.05) is 0 Å². The summed E-state index contributed by atoms with van der Waals surface area (Å²) in [6.07, 6.45) is 26.4. The van der Waals surface area contributed by atoms with Crippen LogP contribution in [0.25, 0.3) is 0 Å². The molecule has 0 aromatic heterocycles. The van der Waals surface area contributed by atoms with Crippen LogP contribution in [0.15, 0.2) is 24.8 Å². The van der Waals surface area contributed by atoms with E-state index in [4.69, 9.17) is 0 Å². The summed E-state index contributed by atoms with van der Waals surface area (Å²) in [5, 5.41) is 9.92. The first-order chi connectivity index (χ1) is 11.3. The lowest BCUT2D eigenvalue weighted by Crippen LogP contribution is -2.01. The molecule has 136 valence electrons. The summed E-state index contributed by atoms with van der Waals surface area (Å²) in [5.74, 6) is 0. The molecular weight excluding hydrogens is 280 g/mol. The quantitative estimate of drug-likeness (QED) is 0.206. The molecule has 1 N–H and O–H groups in total. The van der Waals surface area contributed by atoms with Gasteiger partial charge in [0, 0.05) is 0 Å². The van der Waals surface area contributed by atoms with Gasteiger partial charge in [0.15, 0.2) is 0 Å². The largest absolute Gasteiger partial charge is 0.389 e. The van der Waals surface area contributed by atoms with Gasteiger partial charge in [-0.3, -0.25) is 0 Å². The maximum Gasteiger partial charge on any atom is 0.0720 e. The first-order valence-electron chi connectivity index (χ1n) is 10.3. The smallest absolute Gasteiger partial charge is 0.0720 e. The summed E-state index contributed by atoms with van der Waals surface area (Å²) in [6, 6.07) is 0. The second-order valence-electron chi connectivity index (χ2n) is 6.89. The maximum atomic E-state index is 9.92. The highest BCUT2D eigenvalue weighted by Crippen LogP contribution is 2.11. The lowest BCUT2D eigenvalue weighted by atomic mass is 10.1. The van der Waals surface area contributed by atoms with Crippen molar-refractivity contribution < 1.29 is 5.11 Å². The molecule has 0 aliphatic rings. The Balaban J connectivity index is 3.25. The molecule has 1 atom stereocenters. The first kappa shape index (κ1) is 22.4. The number of aliphatic hydroxyl groups excluding tert-OH is 1. The third-order valence-corrected chi connectivity index (χ3v) is 4.49. The molecule has 0 aliphatic carbocycles. The predicted octanol–water partition coefficient (Wildman–Crippen LogP) is 7.35. The average Bonchev–Trinajstić information content (AvgIpc) is 2.56. The second kappa shape index (κ2) is 19.5. The van der Waals surface area contributed by atoms with E-state index in [1.165, 1.54) is 77.0 Å². The molecule has 1 nitrogen and oxygen atoms in total. The zero-order valence-corrected chi connectivity index (χ0v) is 15.8. The number of hydrogen-bond donors (Lipinski definition) is 1. The SMILES string of the molecule is C=CCCCCCCCCC(O)C=CCCCCCCCCC. The van der Waals surface area contributed by atoms with Crippen LogP contribution in [0.1, 0.15) is 110 Å². The number of allylic oxidation sites excluding steroid dienone is 2. The van der Waals surface area contributed by atoms with Crippen LogP contribution in [0, 0.1) is 0 Å². The van der Waals surface area contributed by atoms with E-state index in [0.717, 1.165) is 25.7 Å². The highest BCUT2D eigenvalue weighted by molar-refractivity contribution is 4.88. The summed E-state index contributed by atoms with van der Waals surface area (Å²) in [6.45, 7) is 6.01. The molecule has 0 aromatic carbocycles. The Morgan fingerprint density at radius 1 is 0.739 bits per heavy atom. The van der Waals surface area contributed by atoms with Gasteiger partial charge in [0.1, 0.15) is 0 Å². The van der Waals surface area contributed by atoms with Gasteiger partial charge >= 0.3 is 0 Å². The molecule has 1 heteroatoms. The van der Waals surface area contributed by atoms with E-state index in [1.54, 1.807) is 0 Å². The van der Waals surface area contributed by atoms with Gasteiger partial charge in [-0.05, 0) is 32.1 Å². The summed E-state index contributed by atoms with van der Waals surface area (Å²) in [5.41, 5.74) is 0. The van der Waals surface area contributed by atoms with Crippen LogP contribution in [0.3, 0.4) is 0 Å². The fraction of sp³-hybridized carbons (Fsp3) is 0.818. The van der Waals surface area contributed by atoms with Crippen LogP contribution < -0.4 is 0 Å². The first-order valence-corrected chi connectivity index (χ1v) is 10.3. The number of hydrogen-bond acceptors (Lipinski definition) is 1. The Morgan fingerprint density at radius 2 is 1.26 bits per heavy atom. The normalized spacial score (nSPS) is 12.8. The predicted molar refractivity (Wildman–Crippen MR) is 105 cm³/mol. The number of unbranched alkanes of at least 4 members (excludes halogenated alkanes) is 13. The van der Waals surface area contributed by atoms with Gasteiger partial charge in [-0.1, -0.05) is 95.8 Å². The van der Waals surface area contributed by atoms with Gasteiger partial charge < -0.3 is 5.11 Å². The third kappa shape index (κ3) is 19.4. The van der Waals surface area contributed by atoms with Crippen LogP contribution in [0.5, 0.6) is 0 Å². The van der Waals surface area contributed by atoms with Crippen molar-refractivity contribution in [3.63, 3.8) is 0 Å². The van der Waals surface area contributed by atoms with Crippen molar-refractivity contribution >= 4 is 0 Å². The molecule has 0 fully saturated rings. The monoisotopic (exact) mass is 322 g/mol. The molecule has 0 aliphatic heterocycles. The maximum absolute atomic E-state index is 9.92. The van der Waals surface area contributed by atoms with E-state index in [-0.39, 0.29) is 6.10 Å². The molecule has 0 amide bonds. The van der Waals surface area contributed by atoms with Crippen LogP contribution in [0.2, 0.25) is 0 Å².